The van der Waals surface area contributed by atoms with Gasteiger partial charge in [-0.1, -0.05) is 6.07 Å². The van der Waals surface area contributed by atoms with Crippen LogP contribution in [0.25, 0.3) is 11.4 Å². The zero-order chi connectivity index (χ0) is 18.1. The van der Waals surface area contributed by atoms with E-state index < -0.39 is 0 Å². The van der Waals surface area contributed by atoms with Gasteiger partial charge in [0.1, 0.15) is 11.4 Å². The van der Waals surface area contributed by atoms with Crippen molar-refractivity contribution in [2.75, 3.05) is 26.2 Å². The number of nitrogens with one attached hydrogen (secondary N) is 1. The van der Waals surface area contributed by atoms with Crippen LogP contribution in [0.15, 0.2) is 41.9 Å². The Hall–Kier alpha value is -2.87. The molecule has 26 heavy (non-hydrogen) atoms. The predicted octanol–water partition coefficient (Wildman–Crippen LogP) is 2.07. The summed E-state index contributed by atoms with van der Waals surface area (Å²) < 4.78 is 1.96. The summed E-state index contributed by atoms with van der Waals surface area (Å²) >= 11 is 1.44. The van der Waals surface area contributed by atoms with Crippen LogP contribution in [0.2, 0.25) is 0 Å². The fraction of sp³-hybridized carbons (Fsp3) is 0.278. The second-order valence-electron chi connectivity index (χ2n) is 6.23. The van der Waals surface area contributed by atoms with Crippen LogP contribution < -0.4 is 0 Å². The van der Waals surface area contributed by atoms with Crippen molar-refractivity contribution in [1.29, 1.82) is 0 Å². The molecule has 0 bridgehead atoms. The number of aromatic amines is 1. The van der Waals surface area contributed by atoms with Gasteiger partial charge in [-0.25, -0.2) is 0 Å². The number of nitrogens with zero attached hydrogens (tertiary/aromatic N) is 4. The number of rotatable bonds is 3. The third kappa shape index (κ3) is 3.03. The van der Waals surface area contributed by atoms with Crippen LogP contribution in [0, 0.1) is 0 Å². The minimum Gasteiger partial charge on any atom is -0.349 e. The van der Waals surface area contributed by atoms with E-state index in [0.29, 0.717) is 31.9 Å². The molecule has 3 aromatic heterocycles. The molecule has 1 N–H and O–H groups in total. The Labute approximate surface area is 154 Å². The zero-order valence-corrected chi connectivity index (χ0v) is 15.2. The second-order valence-corrected chi connectivity index (χ2v) is 7.18. The Morgan fingerprint density at radius 3 is 2.42 bits per heavy atom. The van der Waals surface area contributed by atoms with Gasteiger partial charge in [-0.3, -0.25) is 14.7 Å². The van der Waals surface area contributed by atoms with E-state index in [0.717, 1.165) is 16.3 Å². The molecule has 0 aromatic carbocycles. The number of carbonyl (C=O) groups is 2. The molecule has 0 saturated carbocycles. The van der Waals surface area contributed by atoms with E-state index in [-0.39, 0.29) is 11.8 Å². The van der Waals surface area contributed by atoms with E-state index in [4.69, 9.17) is 0 Å². The molecule has 0 aliphatic carbocycles. The quantitative estimate of drug-likeness (QED) is 0.768. The molecule has 1 fully saturated rings. The zero-order valence-electron chi connectivity index (χ0n) is 14.4. The van der Waals surface area contributed by atoms with Crippen molar-refractivity contribution in [2.24, 2.45) is 7.05 Å². The van der Waals surface area contributed by atoms with Gasteiger partial charge in [-0.2, -0.15) is 5.10 Å². The third-order valence-electron chi connectivity index (χ3n) is 4.60. The summed E-state index contributed by atoms with van der Waals surface area (Å²) in [5.41, 5.74) is 2.17. The lowest BCUT2D eigenvalue weighted by atomic mass is 10.2. The maximum Gasteiger partial charge on any atom is 0.272 e. The Balaban J connectivity index is 1.40. The lowest BCUT2D eigenvalue weighted by Crippen LogP contribution is -2.50. The van der Waals surface area contributed by atoms with Crippen LogP contribution in [0.5, 0.6) is 0 Å². The maximum absolute atomic E-state index is 12.7. The first-order valence-corrected chi connectivity index (χ1v) is 9.30. The van der Waals surface area contributed by atoms with Crippen LogP contribution in [0.4, 0.5) is 0 Å². The first-order chi connectivity index (χ1) is 12.6. The van der Waals surface area contributed by atoms with Crippen LogP contribution in [-0.2, 0) is 7.05 Å². The molecule has 7 nitrogen and oxygen atoms in total. The molecule has 1 aliphatic heterocycles. The number of hydrogen-bond acceptors (Lipinski definition) is 4. The van der Waals surface area contributed by atoms with Crippen LogP contribution >= 0.6 is 11.3 Å². The Morgan fingerprint density at radius 2 is 1.81 bits per heavy atom. The van der Waals surface area contributed by atoms with Gasteiger partial charge in [0.15, 0.2) is 0 Å². The number of aromatic nitrogens is 3. The topological polar surface area (TPSA) is 74.2 Å². The highest BCUT2D eigenvalue weighted by Crippen LogP contribution is 2.19. The van der Waals surface area contributed by atoms with E-state index >= 15 is 0 Å². The molecule has 4 heterocycles. The van der Waals surface area contributed by atoms with Gasteiger partial charge in [0, 0.05) is 39.4 Å². The van der Waals surface area contributed by atoms with Gasteiger partial charge >= 0.3 is 0 Å². The number of H-pyrrole nitrogens is 1. The minimum absolute atomic E-state index is 0.0413. The van der Waals surface area contributed by atoms with E-state index in [1.165, 1.54) is 11.3 Å². The van der Waals surface area contributed by atoms with E-state index in [2.05, 4.69) is 10.2 Å². The fourth-order valence-electron chi connectivity index (χ4n) is 3.13. The number of piperazine rings is 1. The summed E-state index contributed by atoms with van der Waals surface area (Å²) in [6.45, 7) is 2.13. The Morgan fingerprint density at radius 1 is 1.08 bits per heavy atom. The summed E-state index contributed by atoms with van der Waals surface area (Å²) in [6, 6.07) is 9.38. The van der Waals surface area contributed by atoms with Crippen molar-refractivity contribution in [2.45, 2.75) is 0 Å². The molecular weight excluding hydrogens is 350 g/mol. The summed E-state index contributed by atoms with van der Waals surface area (Å²) in [5, 5.41) is 9.00. The van der Waals surface area contributed by atoms with Gasteiger partial charge in [-0.15, -0.1) is 11.3 Å². The third-order valence-corrected chi connectivity index (χ3v) is 5.46. The lowest BCUT2D eigenvalue weighted by Gasteiger charge is -2.34. The molecule has 0 spiro atoms. The summed E-state index contributed by atoms with van der Waals surface area (Å²) in [6.07, 6.45) is 1.94. The second kappa shape index (κ2) is 6.80. The maximum atomic E-state index is 12.7. The molecule has 3 aromatic rings. The summed E-state index contributed by atoms with van der Waals surface area (Å²) in [5.74, 6) is -0.0409. The highest BCUT2D eigenvalue weighted by molar-refractivity contribution is 7.12. The number of hydrogen-bond donors (Lipinski definition) is 1. The van der Waals surface area contributed by atoms with Crippen LogP contribution in [0.1, 0.15) is 20.2 Å². The smallest absolute Gasteiger partial charge is 0.272 e. The average Bonchev–Trinajstić information content (AvgIpc) is 3.41. The molecule has 4 rings (SSSR count). The number of carbonyl (C=O) groups excluding carboxylic acids is 2. The number of thiophene rings is 1. The first-order valence-electron chi connectivity index (χ1n) is 8.42. The van der Waals surface area contributed by atoms with Crippen molar-refractivity contribution >= 4 is 23.2 Å². The summed E-state index contributed by atoms with van der Waals surface area (Å²) in [7, 11) is 1.94. The highest BCUT2D eigenvalue weighted by atomic mass is 32.1. The highest BCUT2D eigenvalue weighted by Gasteiger charge is 2.27. The molecule has 1 saturated heterocycles. The van der Waals surface area contributed by atoms with Crippen molar-refractivity contribution in [3.05, 3.63) is 52.5 Å². The normalized spacial score (nSPS) is 14.7. The van der Waals surface area contributed by atoms with E-state index in [1.54, 1.807) is 15.9 Å². The fourth-order valence-corrected chi connectivity index (χ4v) is 3.82. The molecule has 2 amide bonds. The Bertz CT molecular complexity index is 919. The molecular formula is C18H19N5O2S. The predicted molar refractivity (Wildman–Crippen MR) is 99.1 cm³/mol. The van der Waals surface area contributed by atoms with Gasteiger partial charge in [0.05, 0.1) is 10.6 Å². The van der Waals surface area contributed by atoms with Gasteiger partial charge in [0.25, 0.3) is 11.8 Å². The van der Waals surface area contributed by atoms with E-state index in [9.17, 15) is 9.59 Å². The Kier molecular flexibility index (Phi) is 4.34. The average molecular weight is 369 g/mol. The molecule has 8 heteroatoms. The van der Waals surface area contributed by atoms with Crippen molar-refractivity contribution in [3.63, 3.8) is 0 Å². The first kappa shape index (κ1) is 16.6. The molecule has 134 valence electrons. The summed E-state index contributed by atoms with van der Waals surface area (Å²) in [4.78, 5) is 29.4. The van der Waals surface area contributed by atoms with Crippen molar-refractivity contribution < 1.29 is 9.59 Å². The van der Waals surface area contributed by atoms with Crippen LogP contribution in [0.3, 0.4) is 0 Å². The van der Waals surface area contributed by atoms with Crippen molar-refractivity contribution in [3.8, 4) is 11.4 Å². The van der Waals surface area contributed by atoms with Crippen LogP contribution in [-0.4, -0.2) is 62.6 Å². The largest absolute Gasteiger partial charge is 0.349 e. The lowest BCUT2D eigenvalue weighted by molar-refractivity contribution is 0.0535. The minimum atomic E-state index is -0.0822. The standard InChI is InChI=1S/C18H19N5O2S/c1-21-6-2-4-15(21)13-12-14(20-19-13)17(24)22-7-9-23(10-8-22)18(25)16-5-3-11-26-16/h2-6,11-12H,7-10H2,1H3,(H,19,20). The molecule has 1 aliphatic rings. The van der Waals surface area contributed by atoms with Gasteiger partial charge in [0.2, 0.25) is 0 Å². The number of amides is 2. The van der Waals surface area contributed by atoms with Gasteiger partial charge in [-0.05, 0) is 29.6 Å². The monoisotopic (exact) mass is 369 g/mol. The molecule has 0 radical (unpaired) electrons. The SMILES string of the molecule is Cn1cccc1-c1cc(C(=O)N2CCN(C(=O)c3cccs3)CC2)[nH]n1. The number of aryl methyl sites for hydroxylation is 1. The van der Waals surface area contributed by atoms with Gasteiger partial charge < -0.3 is 14.4 Å². The molecule has 0 unspecified atom stereocenters. The van der Waals surface area contributed by atoms with Crippen molar-refractivity contribution in [1.82, 2.24) is 24.6 Å². The molecule has 0 atom stereocenters. The van der Waals surface area contributed by atoms with E-state index in [1.807, 2.05) is 47.5 Å².